The lowest BCUT2D eigenvalue weighted by atomic mass is 9.92. The highest BCUT2D eigenvalue weighted by molar-refractivity contribution is 8.00. The summed E-state index contributed by atoms with van der Waals surface area (Å²) in [6, 6.07) is 3.83. The molecular formula is C17H25N3O2S. The number of hydrogen-bond donors (Lipinski definition) is 1. The Balaban J connectivity index is 1.51. The highest BCUT2D eigenvalue weighted by atomic mass is 32.2. The SMILES string of the molecule is O=C(CSc1ccncc1)N1CCC[C@](O)(CN2CCCC2)C1. The number of aliphatic hydroxyl groups is 1. The zero-order chi connectivity index (χ0) is 16.1. The summed E-state index contributed by atoms with van der Waals surface area (Å²) in [6.45, 7) is 4.09. The lowest BCUT2D eigenvalue weighted by Crippen LogP contribution is -2.55. The number of aromatic nitrogens is 1. The third-order valence-electron chi connectivity index (χ3n) is 4.64. The predicted molar refractivity (Wildman–Crippen MR) is 91.4 cm³/mol. The van der Waals surface area contributed by atoms with Crippen LogP contribution in [0.15, 0.2) is 29.4 Å². The molecular weight excluding hydrogens is 310 g/mol. The van der Waals surface area contributed by atoms with Gasteiger partial charge in [0.15, 0.2) is 0 Å². The van der Waals surface area contributed by atoms with E-state index in [-0.39, 0.29) is 5.91 Å². The fourth-order valence-corrected chi connectivity index (χ4v) is 4.27. The van der Waals surface area contributed by atoms with Crippen LogP contribution >= 0.6 is 11.8 Å². The van der Waals surface area contributed by atoms with E-state index in [1.54, 1.807) is 12.4 Å². The Morgan fingerprint density at radius 2 is 1.96 bits per heavy atom. The van der Waals surface area contributed by atoms with Crippen molar-refractivity contribution in [2.75, 3.05) is 38.5 Å². The maximum atomic E-state index is 12.5. The van der Waals surface area contributed by atoms with Crippen LogP contribution in [0.4, 0.5) is 0 Å². The number of amides is 1. The van der Waals surface area contributed by atoms with Gasteiger partial charge in [-0.3, -0.25) is 9.78 Å². The molecule has 1 atom stereocenters. The molecule has 23 heavy (non-hydrogen) atoms. The molecule has 1 N–H and O–H groups in total. The highest BCUT2D eigenvalue weighted by Gasteiger charge is 2.37. The molecule has 3 rings (SSSR count). The first-order valence-corrected chi connectivity index (χ1v) is 9.39. The largest absolute Gasteiger partial charge is 0.387 e. The molecule has 2 saturated heterocycles. The van der Waals surface area contributed by atoms with Gasteiger partial charge >= 0.3 is 0 Å². The molecule has 0 aliphatic carbocycles. The molecule has 5 nitrogen and oxygen atoms in total. The Hall–Kier alpha value is -1.11. The summed E-state index contributed by atoms with van der Waals surface area (Å²) in [6.07, 6.45) is 7.61. The quantitative estimate of drug-likeness (QED) is 0.829. The van der Waals surface area contributed by atoms with Gasteiger partial charge in [-0.05, 0) is 50.9 Å². The molecule has 126 valence electrons. The van der Waals surface area contributed by atoms with E-state index >= 15 is 0 Å². The second-order valence-corrected chi connectivity index (χ2v) is 7.65. The summed E-state index contributed by atoms with van der Waals surface area (Å²) in [4.78, 5) is 21.7. The Morgan fingerprint density at radius 3 is 2.70 bits per heavy atom. The minimum Gasteiger partial charge on any atom is -0.387 e. The maximum absolute atomic E-state index is 12.5. The number of thioether (sulfide) groups is 1. The summed E-state index contributed by atoms with van der Waals surface area (Å²) in [7, 11) is 0. The number of rotatable bonds is 5. The van der Waals surface area contributed by atoms with Gasteiger partial charge in [-0.15, -0.1) is 11.8 Å². The summed E-state index contributed by atoms with van der Waals surface area (Å²) >= 11 is 1.53. The number of carbonyl (C=O) groups is 1. The Bertz CT molecular complexity index is 522. The molecule has 0 bridgehead atoms. The predicted octanol–water partition coefficient (Wildman–Crippen LogP) is 1.62. The van der Waals surface area contributed by atoms with Gasteiger partial charge in [-0.2, -0.15) is 0 Å². The van der Waals surface area contributed by atoms with Gasteiger partial charge < -0.3 is 14.9 Å². The Kier molecular flexibility index (Phi) is 5.56. The molecule has 0 unspecified atom stereocenters. The van der Waals surface area contributed by atoms with Crippen molar-refractivity contribution in [1.29, 1.82) is 0 Å². The van der Waals surface area contributed by atoms with E-state index in [9.17, 15) is 9.90 Å². The number of pyridine rings is 1. The molecule has 1 aromatic heterocycles. The van der Waals surface area contributed by atoms with Crippen LogP contribution in [0.25, 0.3) is 0 Å². The van der Waals surface area contributed by atoms with E-state index in [1.165, 1.54) is 24.6 Å². The van der Waals surface area contributed by atoms with Gasteiger partial charge in [0.25, 0.3) is 0 Å². The van der Waals surface area contributed by atoms with Crippen molar-refractivity contribution in [2.24, 2.45) is 0 Å². The average molecular weight is 335 g/mol. The van der Waals surface area contributed by atoms with Gasteiger partial charge in [0.2, 0.25) is 5.91 Å². The molecule has 0 radical (unpaired) electrons. The summed E-state index contributed by atoms with van der Waals surface area (Å²) < 4.78 is 0. The van der Waals surface area contributed by atoms with Crippen LogP contribution in [-0.2, 0) is 4.79 Å². The van der Waals surface area contributed by atoms with Crippen molar-refractivity contribution in [3.8, 4) is 0 Å². The molecule has 2 fully saturated rings. The van der Waals surface area contributed by atoms with Gasteiger partial charge in [0.1, 0.15) is 0 Å². The van der Waals surface area contributed by atoms with Crippen molar-refractivity contribution in [2.45, 2.75) is 36.2 Å². The van der Waals surface area contributed by atoms with Gasteiger partial charge in [-0.1, -0.05) is 0 Å². The molecule has 2 aliphatic rings. The van der Waals surface area contributed by atoms with Crippen LogP contribution in [-0.4, -0.2) is 69.9 Å². The van der Waals surface area contributed by atoms with E-state index in [0.717, 1.165) is 37.4 Å². The number of likely N-dealkylation sites (tertiary alicyclic amines) is 2. The molecule has 6 heteroatoms. The average Bonchev–Trinajstić information content (AvgIpc) is 3.06. The first kappa shape index (κ1) is 16.7. The minimum absolute atomic E-state index is 0.117. The molecule has 2 aliphatic heterocycles. The molecule has 0 spiro atoms. The number of nitrogens with zero attached hydrogens (tertiary/aromatic N) is 3. The molecule has 3 heterocycles. The monoisotopic (exact) mass is 335 g/mol. The van der Waals surface area contributed by atoms with Crippen LogP contribution < -0.4 is 0 Å². The lowest BCUT2D eigenvalue weighted by molar-refractivity contribution is -0.136. The first-order chi connectivity index (χ1) is 11.1. The first-order valence-electron chi connectivity index (χ1n) is 8.40. The smallest absolute Gasteiger partial charge is 0.233 e. The highest BCUT2D eigenvalue weighted by Crippen LogP contribution is 2.25. The van der Waals surface area contributed by atoms with Crippen LogP contribution in [0, 0.1) is 0 Å². The van der Waals surface area contributed by atoms with Crippen molar-refractivity contribution in [3.63, 3.8) is 0 Å². The summed E-state index contributed by atoms with van der Waals surface area (Å²) in [5.74, 6) is 0.537. The van der Waals surface area contributed by atoms with Crippen molar-refractivity contribution in [3.05, 3.63) is 24.5 Å². The fraction of sp³-hybridized carbons (Fsp3) is 0.647. The summed E-state index contributed by atoms with van der Waals surface area (Å²) in [5.41, 5.74) is -0.737. The zero-order valence-electron chi connectivity index (χ0n) is 13.5. The van der Waals surface area contributed by atoms with Crippen molar-refractivity contribution >= 4 is 17.7 Å². The zero-order valence-corrected chi connectivity index (χ0v) is 14.3. The third-order valence-corrected chi connectivity index (χ3v) is 5.63. The van der Waals surface area contributed by atoms with Crippen molar-refractivity contribution in [1.82, 2.24) is 14.8 Å². The minimum atomic E-state index is -0.737. The number of β-amino-alcohol motifs (C(OH)–C–C–N with tert-alkyl or cyclic N) is 1. The standard InChI is InChI=1S/C17H25N3O2S/c21-16(12-23-15-4-7-18-8-5-15)20-11-3-6-17(22,14-20)13-19-9-1-2-10-19/h4-5,7-8,22H,1-3,6,9-14H2/t17-/m0/s1. The number of carbonyl (C=O) groups excluding carboxylic acids is 1. The van der Waals surface area contributed by atoms with Gasteiger partial charge in [0, 0.05) is 30.4 Å². The third kappa shape index (κ3) is 4.68. The van der Waals surface area contributed by atoms with E-state index in [2.05, 4.69) is 9.88 Å². The normalized spacial score (nSPS) is 25.7. The van der Waals surface area contributed by atoms with E-state index in [0.29, 0.717) is 18.8 Å². The topological polar surface area (TPSA) is 56.7 Å². The second kappa shape index (κ2) is 7.64. The van der Waals surface area contributed by atoms with Crippen LogP contribution in [0.2, 0.25) is 0 Å². The molecule has 1 aromatic rings. The van der Waals surface area contributed by atoms with Crippen LogP contribution in [0.3, 0.4) is 0 Å². The molecule has 1 amide bonds. The Morgan fingerprint density at radius 1 is 1.22 bits per heavy atom. The number of hydrogen-bond acceptors (Lipinski definition) is 5. The van der Waals surface area contributed by atoms with Crippen molar-refractivity contribution < 1.29 is 9.90 Å². The van der Waals surface area contributed by atoms with Crippen LogP contribution in [0.5, 0.6) is 0 Å². The molecule has 0 saturated carbocycles. The fourth-order valence-electron chi connectivity index (χ4n) is 3.48. The second-order valence-electron chi connectivity index (χ2n) is 6.60. The van der Waals surface area contributed by atoms with Gasteiger partial charge in [0.05, 0.1) is 17.9 Å². The van der Waals surface area contributed by atoms with E-state index in [1.807, 2.05) is 17.0 Å². The summed E-state index contributed by atoms with van der Waals surface area (Å²) in [5, 5.41) is 10.9. The Labute approximate surface area is 142 Å². The lowest BCUT2D eigenvalue weighted by Gasteiger charge is -2.41. The van der Waals surface area contributed by atoms with E-state index < -0.39 is 5.60 Å². The maximum Gasteiger partial charge on any atom is 0.233 e. The molecule has 0 aromatic carbocycles. The van der Waals surface area contributed by atoms with Crippen LogP contribution in [0.1, 0.15) is 25.7 Å². The van der Waals surface area contributed by atoms with E-state index in [4.69, 9.17) is 0 Å². The van der Waals surface area contributed by atoms with Gasteiger partial charge in [-0.25, -0.2) is 0 Å². The number of piperidine rings is 1.